The van der Waals surface area contributed by atoms with Crippen LogP contribution in [0, 0.1) is 6.92 Å². The van der Waals surface area contributed by atoms with Crippen molar-refractivity contribution in [2.24, 2.45) is 0 Å². The molecule has 6 nitrogen and oxygen atoms in total. The summed E-state index contributed by atoms with van der Waals surface area (Å²) in [5.74, 6) is -0.287. The molecule has 1 N–H and O–H groups in total. The molecule has 6 heteroatoms. The van der Waals surface area contributed by atoms with Crippen molar-refractivity contribution < 1.29 is 4.42 Å². The maximum Gasteiger partial charge on any atom is 0.419 e. The number of aromatic nitrogens is 3. The largest absolute Gasteiger partial charge is 0.419 e. The van der Waals surface area contributed by atoms with Crippen LogP contribution in [0.3, 0.4) is 0 Å². The van der Waals surface area contributed by atoms with Crippen molar-refractivity contribution in [2.45, 2.75) is 45.8 Å². The first-order valence-corrected chi connectivity index (χ1v) is 8.39. The number of nitrogens with one attached hydrogen (secondary N) is 1. The van der Waals surface area contributed by atoms with E-state index in [-0.39, 0.29) is 11.8 Å². The lowest BCUT2D eigenvalue weighted by Gasteiger charge is -2.21. The van der Waals surface area contributed by atoms with E-state index in [0.29, 0.717) is 18.2 Å². The lowest BCUT2D eigenvalue weighted by molar-refractivity contribution is 0.361. The molecule has 0 saturated heterocycles. The lowest BCUT2D eigenvalue weighted by Crippen LogP contribution is -2.35. The van der Waals surface area contributed by atoms with Gasteiger partial charge >= 0.3 is 5.76 Å². The standard InChI is InChI=1S/C18H24N4O2/c1-13-11-20-22(12-13)15(3)14(2)19-9-6-10-21-16-7-4-5-8-17(16)24-18(21)23/h4-5,7-8,11-12,14-15,19H,6,9-10H2,1-3H3/t14-,15+/m1/s1. The third kappa shape index (κ3) is 3.43. The van der Waals surface area contributed by atoms with Crippen molar-refractivity contribution in [2.75, 3.05) is 6.54 Å². The number of benzene rings is 1. The quantitative estimate of drug-likeness (QED) is 0.677. The molecule has 2 heterocycles. The van der Waals surface area contributed by atoms with Gasteiger partial charge < -0.3 is 9.73 Å². The van der Waals surface area contributed by atoms with E-state index >= 15 is 0 Å². The maximum atomic E-state index is 11.9. The smallest absolute Gasteiger partial charge is 0.408 e. The molecule has 2 atom stereocenters. The summed E-state index contributed by atoms with van der Waals surface area (Å²) in [7, 11) is 0. The molecule has 0 fully saturated rings. The summed E-state index contributed by atoms with van der Waals surface area (Å²) in [6, 6.07) is 8.09. The highest BCUT2D eigenvalue weighted by molar-refractivity contribution is 5.72. The van der Waals surface area contributed by atoms with Crippen LogP contribution in [-0.4, -0.2) is 26.9 Å². The van der Waals surface area contributed by atoms with Crippen LogP contribution in [0.5, 0.6) is 0 Å². The Morgan fingerprint density at radius 3 is 2.83 bits per heavy atom. The third-order valence-electron chi connectivity index (χ3n) is 4.47. The summed E-state index contributed by atoms with van der Waals surface area (Å²) in [6.07, 6.45) is 4.79. The van der Waals surface area contributed by atoms with E-state index in [2.05, 4.69) is 30.5 Å². The normalized spacial score (nSPS) is 14.1. The third-order valence-corrected chi connectivity index (χ3v) is 4.47. The van der Waals surface area contributed by atoms with Crippen LogP contribution in [0.15, 0.2) is 45.9 Å². The van der Waals surface area contributed by atoms with Gasteiger partial charge in [-0.2, -0.15) is 5.10 Å². The van der Waals surface area contributed by atoms with Gasteiger partial charge in [0, 0.05) is 18.8 Å². The van der Waals surface area contributed by atoms with Crippen LogP contribution in [0.4, 0.5) is 0 Å². The first-order chi connectivity index (χ1) is 11.6. The molecule has 3 aromatic rings. The molecule has 0 bridgehead atoms. The number of rotatable bonds is 7. The van der Waals surface area contributed by atoms with Crippen molar-refractivity contribution in [3.8, 4) is 0 Å². The van der Waals surface area contributed by atoms with Crippen LogP contribution in [0.25, 0.3) is 11.1 Å². The highest BCUT2D eigenvalue weighted by Gasteiger charge is 2.14. The van der Waals surface area contributed by atoms with Gasteiger partial charge in [-0.05, 0) is 51.4 Å². The Morgan fingerprint density at radius 1 is 1.29 bits per heavy atom. The zero-order valence-corrected chi connectivity index (χ0v) is 14.4. The minimum Gasteiger partial charge on any atom is -0.408 e. The number of oxazole rings is 1. The molecule has 3 rings (SSSR count). The van der Waals surface area contributed by atoms with Crippen molar-refractivity contribution in [3.63, 3.8) is 0 Å². The van der Waals surface area contributed by atoms with Crippen molar-refractivity contribution in [1.82, 2.24) is 19.7 Å². The second kappa shape index (κ2) is 7.05. The van der Waals surface area contributed by atoms with E-state index in [1.165, 1.54) is 5.56 Å². The topological polar surface area (TPSA) is 65.0 Å². The summed E-state index contributed by atoms with van der Waals surface area (Å²) < 4.78 is 8.93. The SMILES string of the molecule is Cc1cnn([C@@H](C)[C@@H](C)NCCCn2c(=O)oc3ccccc32)c1. The van der Waals surface area contributed by atoms with Gasteiger partial charge in [0.15, 0.2) is 5.58 Å². The molecule has 2 aromatic heterocycles. The van der Waals surface area contributed by atoms with E-state index in [4.69, 9.17) is 4.42 Å². The molecule has 0 saturated carbocycles. The van der Waals surface area contributed by atoms with Gasteiger partial charge in [0.2, 0.25) is 0 Å². The maximum absolute atomic E-state index is 11.9. The average molecular weight is 328 g/mol. The Balaban J connectivity index is 1.53. The molecule has 24 heavy (non-hydrogen) atoms. The van der Waals surface area contributed by atoms with Crippen molar-refractivity contribution in [1.29, 1.82) is 0 Å². The number of hydrogen-bond donors (Lipinski definition) is 1. The van der Waals surface area contributed by atoms with Gasteiger partial charge in [0.1, 0.15) is 0 Å². The van der Waals surface area contributed by atoms with Gasteiger partial charge in [0.05, 0.1) is 17.8 Å². The van der Waals surface area contributed by atoms with Gasteiger partial charge in [-0.1, -0.05) is 12.1 Å². The van der Waals surface area contributed by atoms with Crippen LogP contribution in [-0.2, 0) is 6.54 Å². The molecule has 0 unspecified atom stereocenters. The molecule has 128 valence electrons. The minimum atomic E-state index is -0.287. The molecule has 0 aliphatic carbocycles. The first-order valence-electron chi connectivity index (χ1n) is 8.39. The highest BCUT2D eigenvalue weighted by atomic mass is 16.4. The molecular weight excluding hydrogens is 304 g/mol. The first kappa shape index (κ1) is 16.5. The second-order valence-corrected chi connectivity index (χ2v) is 6.32. The molecule has 0 radical (unpaired) electrons. The van der Waals surface area contributed by atoms with E-state index in [0.717, 1.165) is 18.5 Å². The van der Waals surface area contributed by atoms with E-state index in [1.54, 1.807) is 4.57 Å². The molecule has 0 spiro atoms. The molecule has 1 aromatic carbocycles. The number of hydrogen-bond acceptors (Lipinski definition) is 4. The summed E-state index contributed by atoms with van der Waals surface area (Å²) in [4.78, 5) is 11.9. The fourth-order valence-corrected chi connectivity index (χ4v) is 2.85. The van der Waals surface area contributed by atoms with Gasteiger partial charge in [-0.3, -0.25) is 9.25 Å². The van der Waals surface area contributed by atoms with Gasteiger partial charge in [0.25, 0.3) is 0 Å². The summed E-state index contributed by atoms with van der Waals surface area (Å²) in [6.45, 7) is 7.82. The van der Waals surface area contributed by atoms with Crippen molar-refractivity contribution >= 4 is 11.1 Å². The van der Waals surface area contributed by atoms with Crippen LogP contribution in [0.2, 0.25) is 0 Å². The Labute approximate surface area is 141 Å². The van der Waals surface area contributed by atoms with Crippen LogP contribution >= 0.6 is 0 Å². The van der Waals surface area contributed by atoms with Crippen LogP contribution < -0.4 is 11.1 Å². The Kier molecular flexibility index (Phi) is 4.85. The zero-order chi connectivity index (χ0) is 17.1. The highest BCUT2D eigenvalue weighted by Crippen LogP contribution is 2.13. The van der Waals surface area contributed by atoms with Gasteiger partial charge in [-0.15, -0.1) is 0 Å². The molecule has 0 aliphatic rings. The minimum absolute atomic E-state index is 0.274. The predicted molar refractivity (Wildman–Crippen MR) is 94.2 cm³/mol. The van der Waals surface area contributed by atoms with Crippen LogP contribution in [0.1, 0.15) is 31.9 Å². The van der Waals surface area contributed by atoms with E-state index in [1.807, 2.05) is 42.1 Å². The summed E-state index contributed by atoms with van der Waals surface area (Å²) in [5.41, 5.74) is 2.67. The molecule has 0 aliphatic heterocycles. The fourth-order valence-electron chi connectivity index (χ4n) is 2.85. The average Bonchev–Trinajstić information content (AvgIpc) is 3.14. The number of nitrogens with zero attached hydrogens (tertiary/aromatic N) is 3. The number of aryl methyl sites for hydroxylation is 2. The molecule has 0 amide bonds. The number of fused-ring (bicyclic) bond motifs is 1. The Hall–Kier alpha value is -2.34. The van der Waals surface area contributed by atoms with Gasteiger partial charge in [-0.25, -0.2) is 4.79 Å². The predicted octanol–water partition coefficient (Wildman–Crippen LogP) is 2.73. The summed E-state index contributed by atoms with van der Waals surface area (Å²) >= 11 is 0. The van der Waals surface area contributed by atoms with E-state index in [9.17, 15) is 4.79 Å². The molecular formula is C18H24N4O2. The number of para-hydroxylation sites is 2. The summed E-state index contributed by atoms with van der Waals surface area (Å²) in [5, 5.41) is 7.88. The zero-order valence-electron chi connectivity index (χ0n) is 14.4. The monoisotopic (exact) mass is 328 g/mol. The Bertz CT molecular complexity index is 861. The fraction of sp³-hybridized carbons (Fsp3) is 0.444. The Morgan fingerprint density at radius 2 is 2.08 bits per heavy atom. The van der Waals surface area contributed by atoms with Crippen molar-refractivity contribution in [3.05, 3.63) is 52.8 Å². The lowest BCUT2D eigenvalue weighted by atomic mass is 10.1. The second-order valence-electron chi connectivity index (χ2n) is 6.32. The van der Waals surface area contributed by atoms with E-state index < -0.39 is 0 Å².